The molecule has 0 aliphatic carbocycles. The third kappa shape index (κ3) is 4.05. The lowest BCUT2D eigenvalue weighted by atomic mass is 10.1. The molecular formula is C15H21BrN2O. The van der Waals surface area contributed by atoms with Crippen molar-refractivity contribution in [1.82, 2.24) is 10.2 Å². The van der Waals surface area contributed by atoms with Crippen molar-refractivity contribution >= 4 is 21.8 Å². The Morgan fingerprint density at radius 1 is 1.53 bits per heavy atom. The molecule has 0 bridgehead atoms. The maximum absolute atomic E-state index is 12.2. The molecule has 1 atom stereocenters. The summed E-state index contributed by atoms with van der Waals surface area (Å²) in [5, 5.41) is 3.37. The Balaban J connectivity index is 1.93. The molecule has 4 heteroatoms. The SMILES string of the molecule is Cc1ccc(Br)cc1CN(C)C(=O)CC1CCCN1. The number of carbonyl (C=O) groups excluding carboxylic acids is 1. The summed E-state index contributed by atoms with van der Waals surface area (Å²) < 4.78 is 1.06. The van der Waals surface area contributed by atoms with Gasteiger partial charge in [-0.05, 0) is 49.6 Å². The first-order valence-corrected chi connectivity index (χ1v) is 7.58. The standard InChI is InChI=1S/C15H21BrN2O/c1-11-5-6-13(16)8-12(11)10-18(2)15(19)9-14-4-3-7-17-14/h5-6,8,14,17H,3-4,7,9-10H2,1-2H3. The number of hydrogen-bond donors (Lipinski definition) is 1. The Hall–Kier alpha value is -0.870. The van der Waals surface area contributed by atoms with Crippen LogP contribution in [0.1, 0.15) is 30.4 Å². The molecule has 1 N–H and O–H groups in total. The highest BCUT2D eigenvalue weighted by atomic mass is 79.9. The second kappa shape index (κ2) is 6.53. The zero-order valence-corrected chi connectivity index (χ0v) is 13.2. The fourth-order valence-electron chi connectivity index (χ4n) is 2.45. The van der Waals surface area contributed by atoms with Crippen molar-refractivity contribution in [3.63, 3.8) is 0 Å². The van der Waals surface area contributed by atoms with E-state index in [0.29, 0.717) is 19.0 Å². The molecule has 0 radical (unpaired) electrons. The van der Waals surface area contributed by atoms with Crippen LogP contribution in [0.25, 0.3) is 0 Å². The molecule has 2 rings (SSSR count). The summed E-state index contributed by atoms with van der Waals surface area (Å²) in [6.07, 6.45) is 2.92. The Bertz CT molecular complexity index is 455. The first-order valence-electron chi connectivity index (χ1n) is 6.78. The van der Waals surface area contributed by atoms with Crippen LogP contribution >= 0.6 is 15.9 Å². The number of carbonyl (C=O) groups is 1. The van der Waals surface area contributed by atoms with Crippen molar-refractivity contribution in [2.75, 3.05) is 13.6 Å². The van der Waals surface area contributed by atoms with Gasteiger partial charge in [-0.2, -0.15) is 0 Å². The van der Waals surface area contributed by atoms with Gasteiger partial charge in [0.1, 0.15) is 0 Å². The van der Waals surface area contributed by atoms with Gasteiger partial charge in [-0.15, -0.1) is 0 Å². The van der Waals surface area contributed by atoms with E-state index < -0.39 is 0 Å². The fraction of sp³-hybridized carbons (Fsp3) is 0.533. The van der Waals surface area contributed by atoms with Gasteiger partial charge in [0.05, 0.1) is 0 Å². The zero-order valence-electron chi connectivity index (χ0n) is 11.6. The number of amides is 1. The van der Waals surface area contributed by atoms with Gasteiger partial charge < -0.3 is 10.2 Å². The van der Waals surface area contributed by atoms with Gasteiger partial charge in [-0.1, -0.05) is 22.0 Å². The van der Waals surface area contributed by atoms with Crippen LogP contribution < -0.4 is 5.32 Å². The molecule has 19 heavy (non-hydrogen) atoms. The topological polar surface area (TPSA) is 32.3 Å². The minimum atomic E-state index is 0.221. The lowest BCUT2D eigenvalue weighted by Crippen LogP contribution is -2.33. The quantitative estimate of drug-likeness (QED) is 0.923. The van der Waals surface area contributed by atoms with Crippen molar-refractivity contribution in [2.45, 2.75) is 38.8 Å². The van der Waals surface area contributed by atoms with Crippen LogP contribution in [0.3, 0.4) is 0 Å². The average Bonchev–Trinajstić information content (AvgIpc) is 2.86. The minimum Gasteiger partial charge on any atom is -0.341 e. The molecule has 0 saturated carbocycles. The molecule has 1 amide bonds. The molecule has 1 aliphatic heterocycles. The summed E-state index contributed by atoms with van der Waals surface area (Å²) in [5.74, 6) is 0.221. The third-order valence-electron chi connectivity index (χ3n) is 3.73. The highest BCUT2D eigenvalue weighted by Crippen LogP contribution is 2.18. The number of aryl methyl sites for hydroxylation is 1. The lowest BCUT2D eigenvalue weighted by Gasteiger charge is -2.20. The molecule has 1 aromatic rings. The van der Waals surface area contributed by atoms with Crippen molar-refractivity contribution in [3.05, 3.63) is 33.8 Å². The highest BCUT2D eigenvalue weighted by Gasteiger charge is 2.20. The van der Waals surface area contributed by atoms with Gasteiger partial charge in [-0.25, -0.2) is 0 Å². The van der Waals surface area contributed by atoms with E-state index in [9.17, 15) is 4.79 Å². The molecule has 1 aromatic carbocycles. The van der Waals surface area contributed by atoms with Crippen LogP contribution in [0.15, 0.2) is 22.7 Å². The molecule has 1 unspecified atom stereocenters. The van der Waals surface area contributed by atoms with E-state index in [1.807, 2.05) is 18.0 Å². The smallest absolute Gasteiger partial charge is 0.224 e. The average molecular weight is 325 g/mol. The van der Waals surface area contributed by atoms with Crippen LogP contribution in [-0.2, 0) is 11.3 Å². The summed E-state index contributed by atoms with van der Waals surface area (Å²) in [4.78, 5) is 14.0. The van der Waals surface area contributed by atoms with Crippen LogP contribution in [-0.4, -0.2) is 30.4 Å². The molecule has 1 saturated heterocycles. The van der Waals surface area contributed by atoms with Crippen LogP contribution in [0.2, 0.25) is 0 Å². The van der Waals surface area contributed by atoms with Crippen LogP contribution in [0.5, 0.6) is 0 Å². The molecule has 1 heterocycles. The van der Waals surface area contributed by atoms with Gasteiger partial charge >= 0.3 is 0 Å². The molecule has 0 aromatic heterocycles. The van der Waals surface area contributed by atoms with Crippen molar-refractivity contribution < 1.29 is 4.79 Å². The second-order valence-electron chi connectivity index (χ2n) is 5.32. The Labute approximate surface area is 123 Å². The number of benzene rings is 1. The van der Waals surface area contributed by atoms with E-state index >= 15 is 0 Å². The number of hydrogen-bond acceptors (Lipinski definition) is 2. The summed E-state index contributed by atoms with van der Waals surface area (Å²) in [7, 11) is 1.89. The van der Waals surface area contributed by atoms with Crippen molar-refractivity contribution in [3.8, 4) is 0 Å². The lowest BCUT2D eigenvalue weighted by molar-refractivity contribution is -0.130. The summed E-state index contributed by atoms with van der Waals surface area (Å²) in [6.45, 7) is 3.81. The van der Waals surface area contributed by atoms with E-state index in [-0.39, 0.29) is 5.91 Å². The first-order chi connectivity index (χ1) is 9.06. The van der Waals surface area contributed by atoms with Gasteiger partial charge in [0, 0.05) is 30.5 Å². The summed E-state index contributed by atoms with van der Waals surface area (Å²) in [6, 6.07) is 6.57. The third-order valence-corrected chi connectivity index (χ3v) is 4.22. The molecule has 1 fully saturated rings. The normalized spacial score (nSPS) is 18.6. The molecule has 1 aliphatic rings. The zero-order chi connectivity index (χ0) is 13.8. The van der Waals surface area contributed by atoms with Crippen LogP contribution in [0, 0.1) is 6.92 Å². The fourth-order valence-corrected chi connectivity index (χ4v) is 2.86. The maximum atomic E-state index is 12.2. The number of halogens is 1. The molecule has 0 spiro atoms. The highest BCUT2D eigenvalue weighted by molar-refractivity contribution is 9.10. The Morgan fingerprint density at radius 3 is 3.00 bits per heavy atom. The summed E-state index contributed by atoms with van der Waals surface area (Å²) in [5.41, 5.74) is 2.42. The number of nitrogens with zero attached hydrogens (tertiary/aromatic N) is 1. The van der Waals surface area contributed by atoms with Gasteiger partial charge in [-0.3, -0.25) is 4.79 Å². The molecule has 3 nitrogen and oxygen atoms in total. The monoisotopic (exact) mass is 324 g/mol. The van der Waals surface area contributed by atoms with Crippen LogP contribution in [0.4, 0.5) is 0 Å². The first kappa shape index (κ1) is 14.5. The largest absolute Gasteiger partial charge is 0.341 e. The predicted molar refractivity (Wildman–Crippen MR) is 81.0 cm³/mol. The van der Waals surface area contributed by atoms with Gasteiger partial charge in [0.25, 0.3) is 0 Å². The second-order valence-corrected chi connectivity index (χ2v) is 6.23. The predicted octanol–water partition coefficient (Wildman–Crippen LogP) is 2.86. The number of rotatable bonds is 4. The minimum absolute atomic E-state index is 0.221. The van der Waals surface area contributed by atoms with E-state index in [2.05, 4.69) is 40.3 Å². The van der Waals surface area contributed by atoms with Crippen molar-refractivity contribution in [1.29, 1.82) is 0 Å². The summed E-state index contributed by atoms with van der Waals surface area (Å²) >= 11 is 3.48. The van der Waals surface area contributed by atoms with E-state index in [1.54, 1.807) is 0 Å². The van der Waals surface area contributed by atoms with Gasteiger partial charge in [0.15, 0.2) is 0 Å². The van der Waals surface area contributed by atoms with Crippen molar-refractivity contribution in [2.24, 2.45) is 0 Å². The van der Waals surface area contributed by atoms with E-state index in [1.165, 1.54) is 17.5 Å². The molecular weight excluding hydrogens is 304 g/mol. The molecule has 104 valence electrons. The number of nitrogens with one attached hydrogen (secondary N) is 1. The van der Waals surface area contributed by atoms with Gasteiger partial charge in [0.2, 0.25) is 5.91 Å². The Kier molecular flexibility index (Phi) is 4.99. The van der Waals surface area contributed by atoms with E-state index in [0.717, 1.165) is 17.4 Å². The Morgan fingerprint density at radius 2 is 2.32 bits per heavy atom. The van der Waals surface area contributed by atoms with E-state index in [4.69, 9.17) is 0 Å². The maximum Gasteiger partial charge on any atom is 0.224 e.